The molecular formula is C25H32NP. The maximum Gasteiger partial charge on any atom is 0.0344 e. The molecule has 0 saturated carbocycles. The molecule has 3 rings (SSSR count). The van der Waals surface area contributed by atoms with Crippen LogP contribution in [0, 0.1) is 13.8 Å². The Morgan fingerprint density at radius 3 is 1.74 bits per heavy atom. The molecule has 0 aliphatic heterocycles. The van der Waals surface area contributed by atoms with Gasteiger partial charge < -0.3 is 4.57 Å². The fourth-order valence-corrected chi connectivity index (χ4v) is 6.39. The smallest absolute Gasteiger partial charge is 0.0344 e. The minimum absolute atomic E-state index is 0.00500. The van der Waals surface area contributed by atoms with Gasteiger partial charge in [-0.15, -0.1) is 7.92 Å². The molecule has 2 aromatic carbocycles. The lowest BCUT2D eigenvalue weighted by Crippen LogP contribution is -2.12. The highest BCUT2D eigenvalue weighted by atomic mass is 31.1. The van der Waals surface area contributed by atoms with Crippen molar-refractivity contribution in [1.29, 1.82) is 0 Å². The molecule has 142 valence electrons. The topological polar surface area (TPSA) is 4.93 Å². The van der Waals surface area contributed by atoms with Gasteiger partial charge in [0.25, 0.3) is 0 Å². The Morgan fingerprint density at radius 2 is 1.30 bits per heavy atom. The van der Waals surface area contributed by atoms with Gasteiger partial charge in [-0.1, -0.05) is 60.7 Å². The van der Waals surface area contributed by atoms with Gasteiger partial charge in [-0.05, 0) is 74.9 Å². The second-order valence-corrected chi connectivity index (χ2v) is 10.2. The van der Waals surface area contributed by atoms with Crippen LogP contribution in [-0.4, -0.2) is 23.1 Å². The fraction of sp³-hybridized carbons (Fsp3) is 0.360. The molecule has 0 saturated heterocycles. The minimum atomic E-state index is 0.00500. The van der Waals surface area contributed by atoms with Gasteiger partial charge >= 0.3 is 0 Å². The third-order valence-corrected chi connectivity index (χ3v) is 8.32. The van der Waals surface area contributed by atoms with E-state index in [0.717, 1.165) is 0 Å². The van der Waals surface area contributed by atoms with E-state index < -0.39 is 0 Å². The summed E-state index contributed by atoms with van der Waals surface area (Å²) in [6.07, 6.45) is 8.66. The van der Waals surface area contributed by atoms with E-state index in [1.165, 1.54) is 53.7 Å². The van der Waals surface area contributed by atoms with Crippen molar-refractivity contribution in [3.63, 3.8) is 0 Å². The van der Waals surface area contributed by atoms with Gasteiger partial charge in [-0.2, -0.15) is 0 Å². The summed E-state index contributed by atoms with van der Waals surface area (Å²) in [7, 11) is 0.00500. The zero-order valence-corrected chi connectivity index (χ0v) is 17.8. The summed E-state index contributed by atoms with van der Waals surface area (Å²) in [5, 5.41) is 0. The van der Waals surface area contributed by atoms with Crippen molar-refractivity contribution in [3.8, 4) is 0 Å². The zero-order valence-electron chi connectivity index (χ0n) is 16.9. The van der Waals surface area contributed by atoms with E-state index >= 15 is 0 Å². The first kappa shape index (κ1) is 19.9. The highest BCUT2D eigenvalue weighted by molar-refractivity contribution is 7.57. The van der Waals surface area contributed by atoms with E-state index in [4.69, 9.17) is 0 Å². The van der Waals surface area contributed by atoms with Gasteiger partial charge in [0, 0.05) is 17.9 Å². The average molecular weight is 378 g/mol. The molecule has 1 nitrogen and oxygen atoms in total. The van der Waals surface area contributed by atoms with Crippen LogP contribution in [0.1, 0.15) is 35.3 Å². The summed E-state index contributed by atoms with van der Waals surface area (Å²) in [5.41, 5.74) is 5.78. The first-order valence-electron chi connectivity index (χ1n) is 10.1. The van der Waals surface area contributed by atoms with Crippen LogP contribution in [0.5, 0.6) is 0 Å². The maximum absolute atomic E-state index is 2.48. The first-order valence-corrected chi connectivity index (χ1v) is 12.0. The van der Waals surface area contributed by atoms with Crippen molar-refractivity contribution in [3.05, 3.63) is 95.3 Å². The molecule has 0 radical (unpaired) electrons. The number of hydrogen-bond donors (Lipinski definition) is 0. The summed E-state index contributed by atoms with van der Waals surface area (Å²) in [6.45, 7) is 6.86. The highest BCUT2D eigenvalue weighted by Gasteiger charge is 2.16. The Labute approximate surface area is 166 Å². The molecular weight excluding hydrogens is 345 g/mol. The number of aryl methyl sites for hydroxylation is 3. The molecule has 0 spiro atoms. The normalized spacial score (nSPS) is 12.4. The lowest BCUT2D eigenvalue weighted by molar-refractivity contribution is 0.592. The predicted molar refractivity (Wildman–Crippen MR) is 120 cm³/mol. The Morgan fingerprint density at radius 1 is 0.778 bits per heavy atom. The molecule has 2 heteroatoms. The molecule has 0 bridgehead atoms. The number of aromatic nitrogens is 1. The van der Waals surface area contributed by atoms with Crippen LogP contribution in [0.2, 0.25) is 0 Å². The van der Waals surface area contributed by atoms with E-state index in [1.54, 1.807) is 0 Å². The van der Waals surface area contributed by atoms with Crippen LogP contribution in [0.3, 0.4) is 0 Å². The Balaban J connectivity index is 1.65. The quantitative estimate of drug-likeness (QED) is 0.369. The number of hydrogen-bond acceptors (Lipinski definition) is 0. The third-order valence-electron chi connectivity index (χ3n) is 5.56. The first-order chi connectivity index (χ1) is 13.1. The maximum atomic E-state index is 2.48. The van der Waals surface area contributed by atoms with E-state index in [-0.39, 0.29) is 7.92 Å². The molecule has 0 N–H and O–H groups in total. The van der Waals surface area contributed by atoms with Gasteiger partial charge in [0.15, 0.2) is 0 Å². The van der Waals surface area contributed by atoms with Gasteiger partial charge in [-0.25, -0.2) is 0 Å². The molecule has 0 fully saturated rings. The molecule has 1 aromatic heterocycles. The minimum Gasteiger partial charge on any atom is -0.348 e. The predicted octanol–water partition coefficient (Wildman–Crippen LogP) is 6.63. The van der Waals surface area contributed by atoms with Crippen LogP contribution in [0.4, 0.5) is 0 Å². The molecule has 1 heterocycles. The van der Waals surface area contributed by atoms with Crippen molar-refractivity contribution in [2.75, 3.05) is 18.5 Å². The fourth-order valence-electron chi connectivity index (χ4n) is 3.73. The number of rotatable bonds is 9. The number of benzene rings is 2. The lowest BCUT2D eigenvalue weighted by Gasteiger charge is -2.24. The molecule has 0 amide bonds. The van der Waals surface area contributed by atoms with E-state index in [1.807, 2.05) is 0 Å². The van der Waals surface area contributed by atoms with E-state index in [9.17, 15) is 0 Å². The van der Waals surface area contributed by atoms with Crippen molar-refractivity contribution in [2.45, 2.75) is 39.7 Å². The van der Waals surface area contributed by atoms with E-state index in [2.05, 4.69) is 98.3 Å². The van der Waals surface area contributed by atoms with Crippen LogP contribution in [0.25, 0.3) is 0 Å². The van der Waals surface area contributed by atoms with Crippen molar-refractivity contribution >= 4 is 7.92 Å². The molecule has 1 atom stereocenters. The van der Waals surface area contributed by atoms with Crippen LogP contribution in [0.15, 0.2) is 72.9 Å². The second kappa shape index (κ2) is 9.90. The SMILES string of the molecule is Cc1ccn(C(C)CP(CCc2ccccc2)CCc2ccccc2)c1C. The largest absolute Gasteiger partial charge is 0.348 e. The zero-order chi connectivity index (χ0) is 19.1. The van der Waals surface area contributed by atoms with Crippen LogP contribution >= 0.6 is 7.92 Å². The van der Waals surface area contributed by atoms with Gasteiger partial charge in [0.05, 0.1) is 0 Å². The van der Waals surface area contributed by atoms with Crippen molar-refractivity contribution in [2.24, 2.45) is 0 Å². The summed E-state index contributed by atoms with van der Waals surface area (Å²) in [4.78, 5) is 0. The molecule has 27 heavy (non-hydrogen) atoms. The van der Waals surface area contributed by atoms with E-state index in [0.29, 0.717) is 6.04 Å². The number of nitrogens with zero attached hydrogens (tertiary/aromatic N) is 1. The third kappa shape index (κ3) is 5.81. The average Bonchev–Trinajstić information content (AvgIpc) is 3.04. The van der Waals surface area contributed by atoms with Crippen LogP contribution < -0.4 is 0 Å². The summed E-state index contributed by atoms with van der Waals surface area (Å²) in [5.74, 6) is 0. The van der Waals surface area contributed by atoms with Crippen molar-refractivity contribution < 1.29 is 0 Å². The summed E-state index contributed by atoms with van der Waals surface area (Å²) < 4.78 is 2.48. The van der Waals surface area contributed by atoms with Gasteiger partial charge in [0.1, 0.15) is 0 Å². The monoisotopic (exact) mass is 377 g/mol. The molecule has 0 aliphatic rings. The highest BCUT2D eigenvalue weighted by Crippen LogP contribution is 2.40. The molecule has 0 aliphatic carbocycles. The van der Waals surface area contributed by atoms with Gasteiger partial charge in [0.2, 0.25) is 0 Å². The summed E-state index contributed by atoms with van der Waals surface area (Å²) in [6, 6.07) is 24.8. The second-order valence-electron chi connectivity index (χ2n) is 7.61. The summed E-state index contributed by atoms with van der Waals surface area (Å²) >= 11 is 0. The Bertz CT molecular complexity index is 763. The lowest BCUT2D eigenvalue weighted by atomic mass is 10.2. The Kier molecular flexibility index (Phi) is 7.30. The molecule has 3 aromatic rings. The van der Waals surface area contributed by atoms with Gasteiger partial charge in [-0.3, -0.25) is 0 Å². The van der Waals surface area contributed by atoms with Crippen LogP contribution in [-0.2, 0) is 12.8 Å². The van der Waals surface area contributed by atoms with Crippen molar-refractivity contribution in [1.82, 2.24) is 4.57 Å². The Hall–Kier alpha value is -1.85. The standard InChI is InChI=1S/C25H32NP/c1-21-14-17-26(23(21)3)22(2)20-27(18-15-24-10-6-4-7-11-24)19-16-25-12-8-5-9-13-25/h4-14,17,22H,15-16,18-20H2,1-3H3. The molecule has 1 unspecified atom stereocenters.